The van der Waals surface area contributed by atoms with E-state index in [2.05, 4.69) is 4.72 Å². The Labute approximate surface area is 131 Å². The van der Waals surface area contributed by atoms with Gasteiger partial charge in [-0.3, -0.25) is 4.79 Å². The van der Waals surface area contributed by atoms with Crippen LogP contribution in [0.1, 0.15) is 19.3 Å². The molecule has 0 saturated carbocycles. The molecule has 6 nitrogen and oxygen atoms in total. The van der Waals surface area contributed by atoms with Crippen LogP contribution in [-0.4, -0.2) is 34.0 Å². The van der Waals surface area contributed by atoms with Gasteiger partial charge in [0.2, 0.25) is 15.9 Å². The number of benzene rings is 1. The van der Waals surface area contributed by atoms with Crippen molar-refractivity contribution in [1.29, 1.82) is 0 Å². The first-order valence-corrected chi connectivity index (χ1v) is 8.13. The van der Waals surface area contributed by atoms with Crippen LogP contribution in [0.15, 0.2) is 29.2 Å². The minimum absolute atomic E-state index is 0. The van der Waals surface area contributed by atoms with Gasteiger partial charge in [-0.1, -0.05) is 0 Å². The molecule has 1 aliphatic rings. The molecule has 8 heteroatoms. The maximum Gasteiger partial charge on any atom is 0.240 e. The number of amides is 1. The zero-order valence-corrected chi connectivity index (χ0v) is 13.3. The summed E-state index contributed by atoms with van der Waals surface area (Å²) in [6.45, 7) is 1.46. The van der Waals surface area contributed by atoms with Crippen LogP contribution in [0.4, 0.5) is 5.69 Å². The first-order chi connectivity index (χ1) is 9.54. The number of carbonyl (C=O) groups is 1. The van der Waals surface area contributed by atoms with E-state index in [1.807, 2.05) is 0 Å². The highest BCUT2D eigenvalue weighted by Crippen LogP contribution is 2.22. The minimum Gasteiger partial charge on any atom is -0.330 e. The van der Waals surface area contributed by atoms with Crippen molar-refractivity contribution in [2.75, 3.05) is 24.5 Å². The Morgan fingerprint density at radius 2 is 1.90 bits per heavy atom. The van der Waals surface area contributed by atoms with Crippen LogP contribution in [0.5, 0.6) is 0 Å². The van der Waals surface area contributed by atoms with Crippen LogP contribution in [0.2, 0.25) is 0 Å². The maximum absolute atomic E-state index is 12.0. The molecule has 0 radical (unpaired) electrons. The Balaban J connectivity index is 0.00000220. The Bertz CT molecular complexity index is 575. The van der Waals surface area contributed by atoms with E-state index in [1.165, 1.54) is 12.1 Å². The molecule has 2 rings (SSSR count). The van der Waals surface area contributed by atoms with Crippen molar-refractivity contribution in [2.45, 2.75) is 24.2 Å². The number of carbonyl (C=O) groups excluding carboxylic acids is 1. The lowest BCUT2D eigenvalue weighted by molar-refractivity contribution is -0.117. The second-order valence-corrected chi connectivity index (χ2v) is 6.45. The molecule has 1 saturated heterocycles. The topological polar surface area (TPSA) is 92.5 Å². The van der Waals surface area contributed by atoms with E-state index in [9.17, 15) is 13.2 Å². The highest BCUT2D eigenvalue weighted by atomic mass is 35.5. The molecule has 0 bridgehead atoms. The van der Waals surface area contributed by atoms with Crippen molar-refractivity contribution in [3.8, 4) is 0 Å². The van der Waals surface area contributed by atoms with E-state index >= 15 is 0 Å². The van der Waals surface area contributed by atoms with Gasteiger partial charge < -0.3 is 10.6 Å². The number of sulfonamides is 1. The lowest BCUT2D eigenvalue weighted by atomic mass is 10.3. The highest BCUT2D eigenvalue weighted by molar-refractivity contribution is 7.89. The third-order valence-electron chi connectivity index (χ3n) is 3.21. The number of hydrogen-bond donors (Lipinski definition) is 2. The molecule has 0 atom stereocenters. The van der Waals surface area contributed by atoms with Gasteiger partial charge in [0.25, 0.3) is 0 Å². The van der Waals surface area contributed by atoms with Crippen molar-refractivity contribution in [3.05, 3.63) is 24.3 Å². The molecule has 1 aromatic carbocycles. The number of halogens is 1. The van der Waals surface area contributed by atoms with Gasteiger partial charge in [0.05, 0.1) is 4.90 Å². The first-order valence-electron chi connectivity index (χ1n) is 6.65. The van der Waals surface area contributed by atoms with E-state index in [1.54, 1.807) is 17.0 Å². The summed E-state index contributed by atoms with van der Waals surface area (Å²) >= 11 is 0. The second kappa shape index (κ2) is 7.74. The van der Waals surface area contributed by atoms with Gasteiger partial charge in [0.15, 0.2) is 0 Å². The molecule has 1 aromatic rings. The van der Waals surface area contributed by atoms with Crippen molar-refractivity contribution in [2.24, 2.45) is 5.73 Å². The molecule has 0 aliphatic carbocycles. The Kier molecular flexibility index (Phi) is 6.60. The van der Waals surface area contributed by atoms with Gasteiger partial charge in [-0.05, 0) is 43.7 Å². The lowest BCUT2D eigenvalue weighted by Crippen LogP contribution is -2.26. The smallest absolute Gasteiger partial charge is 0.240 e. The molecule has 1 aliphatic heterocycles. The molecule has 0 aromatic heterocycles. The van der Waals surface area contributed by atoms with E-state index in [4.69, 9.17) is 5.73 Å². The molecule has 1 fully saturated rings. The molecule has 118 valence electrons. The van der Waals surface area contributed by atoms with E-state index < -0.39 is 10.0 Å². The summed E-state index contributed by atoms with van der Waals surface area (Å²) in [6, 6.07) is 6.37. The molecule has 3 N–H and O–H groups in total. The third kappa shape index (κ3) is 4.41. The summed E-state index contributed by atoms with van der Waals surface area (Å²) in [7, 11) is -3.50. The first kappa shape index (κ1) is 17.9. The second-order valence-electron chi connectivity index (χ2n) is 4.68. The van der Waals surface area contributed by atoms with Crippen molar-refractivity contribution in [3.63, 3.8) is 0 Å². The molecule has 1 amide bonds. The van der Waals surface area contributed by atoms with Gasteiger partial charge >= 0.3 is 0 Å². The van der Waals surface area contributed by atoms with Crippen LogP contribution in [0.25, 0.3) is 0 Å². The lowest BCUT2D eigenvalue weighted by Gasteiger charge is -2.16. The zero-order chi connectivity index (χ0) is 14.6. The average molecular weight is 334 g/mol. The quantitative estimate of drug-likeness (QED) is 0.755. The SMILES string of the molecule is Cl.NCCCNS(=O)(=O)c1ccc(N2CCCC2=O)cc1. The summed E-state index contributed by atoms with van der Waals surface area (Å²) in [5.41, 5.74) is 6.07. The van der Waals surface area contributed by atoms with Gasteiger partial charge in [-0.25, -0.2) is 13.1 Å². The van der Waals surface area contributed by atoms with Crippen molar-refractivity contribution < 1.29 is 13.2 Å². The summed E-state index contributed by atoms with van der Waals surface area (Å²) in [6.07, 6.45) is 2.00. The van der Waals surface area contributed by atoms with E-state index in [-0.39, 0.29) is 23.2 Å². The highest BCUT2D eigenvalue weighted by Gasteiger charge is 2.22. The van der Waals surface area contributed by atoms with Crippen LogP contribution in [0.3, 0.4) is 0 Å². The fraction of sp³-hybridized carbons (Fsp3) is 0.462. The summed E-state index contributed by atoms with van der Waals surface area (Å²) in [4.78, 5) is 13.5. The molecule has 0 unspecified atom stereocenters. The number of nitrogens with zero attached hydrogens (tertiary/aromatic N) is 1. The summed E-state index contributed by atoms with van der Waals surface area (Å²) in [5, 5.41) is 0. The molecule has 21 heavy (non-hydrogen) atoms. The Hall–Kier alpha value is -1.15. The Morgan fingerprint density at radius 3 is 2.43 bits per heavy atom. The summed E-state index contributed by atoms with van der Waals surface area (Å²) < 4.78 is 26.4. The molecular weight excluding hydrogens is 314 g/mol. The van der Waals surface area contributed by atoms with Gasteiger partial charge in [-0.2, -0.15) is 0 Å². The molecule has 0 spiro atoms. The average Bonchev–Trinajstić information content (AvgIpc) is 2.85. The van der Waals surface area contributed by atoms with E-state index in [0.717, 1.165) is 12.1 Å². The number of anilines is 1. The monoisotopic (exact) mass is 333 g/mol. The number of nitrogens with two attached hydrogens (primary N) is 1. The summed E-state index contributed by atoms with van der Waals surface area (Å²) in [5.74, 6) is 0.0849. The Morgan fingerprint density at radius 1 is 1.24 bits per heavy atom. The molecule has 1 heterocycles. The fourth-order valence-corrected chi connectivity index (χ4v) is 3.19. The van der Waals surface area contributed by atoms with Crippen LogP contribution in [-0.2, 0) is 14.8 Å². The molecular formula is C13H20ClN3O3S. The third-order valence-corrected chi connectivity index (χ3v) is 4.68. The normalized spacial score (nSPS) is 15.1. The van der Waals surface area contributed by atoms with Crippen molar-refractivity contribution >= 4 is 34.0 Å². The van der Waals surface area contributed by atoms with Crippen LogP contribution >= 0.6 is 12.4 Å². The standard InChI is InChI=1S/C13H19N3O3S.ClH/c14-8-2-9-15-20(18,19)12-6-4-11(5-7-12)16-10-1-3-13(16)17;/h4-7,15H,1-3,8-10,14H2;1H. The fourth-order valence-electron chi connectivity index (χ4n) is 2.12. The maximum atomic E-state index is 12.0. The number of nitrogens with one attached hydrogen (secondary N) is 1. The van der Waals surface area contributed by atoms with Crippen LogP contribution < -0.4 is 15.4 Å². The minimum atomic E-state index is -3.50. The number of rotatable bonds is 6. The zero-order valence-electron chi connectivity index (χ0n) is 11.6. The van der Waals surface area contributed by atoms with Crippen molar-refractivity contribution in [1.82, 2.24) is 4.72 Å². The predicted molar refractivity (Wildman–Crippen MR) is 84.1 cm³/mol. The van der Waals surface area contributed by atoms with Crippen LogP contribution in [0, 0.1) is 0 Å². The van der Waals surface area contributed by atoms with Gasteiger partial charge in [0.1, 0.15) is 0 Å². The largest absolute Gasteiger partial charge is 0.330 e. The predicted octanol–water partition coefficient (Wildman–Crippen LogP) is 0.862. The van der Waals surface area contributed by atoms with Gasteiger partial charge in [0, 0.05) is 25.2 Å². The van der Waals surface area contributed by atoms with Gasteiger partial charge in [-0.15, -0.1) is 12.4 Å². The number of hydrogen-bond acceptors (Lipinski definition) is 4. The van der Waals surface area contributed by atoms with E-state index in [0.29, 0.717) is 32.5 Å².